The number of unbranched alkanes of at least 4 members (excludes halogenated alkanes) is 1. The third-order valence-corrected chi connectivity index (χ3v) is 2.30. The summed E-state index contributed by atoms with van der Waals surface area (Å²) in [6, 6.07) is 5.08. The summed E-state index contributed by atoms with van der Waals surface area (Å²) in [6.45, 7) is 3.70. The van der Waals surface area contributed by atoms with E-state index in [0.717, 1.165) is 30.7 Å². The molecule has 0 aliphatic rings. The van der Waals surface area contributed by atoms with E-state index in [1.54, 1.807) is 11.9 Å². The van der Waals surface area contributed by atoms with Crippen LogP contribution in [-0.4, -0.2) is 7.05 Å². The molecule has 0 saturated heterocycles. The molecule has 0 N–H and O–H groups in total. The third kappa shape index (κ3) is 4.13. The highest BCUT2D eigenvalue weighted by Crippen LogP contribution is 2.30. The first-order valence-corrected chi connectivity index (χ1v) is 5.31. The minimum absolute atomic E-state index is 0.628. The fraction of sp³-hybridized carbons (Fsp3) is 0.308. The van der Waals surface area contributed by atoms with E-state index in [0.29, 0.717) is 0 Å². The molecular formula is C13H15F3N. The van der Waals surface area contributed by atoms with Gasteiger partial charge in [0, 0.05) is 12.7 Å². The molecule has 0 unspecified atom stereocenters. The molecule has 0 amide bonds. The SMILES string of the molecule is [CH2]CCC=CN(C)c1ccc(C(F)(F)F)cc1. The zero-order chi connectivity index (χ0) is 12.9. The van der Waals surface area contributed by atoms with Crippen LogP contribution in [0.1, 0.15) is 18.4 Å². The fourth-order valence-corrected chi connectivity index (χ4v) is 1.32. The van der Waals surface area contributed by atoms with Gasteiger partial charge >= 0.3 is 6.18 Å². The van der Waals surface area contributed by atoms with Crippen molar-refractivity contribution in [3.05, 3.63) is 49.0 Å². The number of halogens is 3. The Kier molecular flexibility index (Phi) is 4.61. The van der Waals surface area contributed by atoms with Crippen molar-refractivity contribution in [2.75, 3.05) is 11.9 Å². The molecule has 93 valence electrons. The third-order valence-electron chi connectivity index (χ3n) is 2.30. The van der Waals surface area contributed by atoms with Crippen molar-refractivity contribution in [2.45, 2.75) is 19.0 Å². The van der Waals surface area contributed by atoms with E-state index in [1.807, 2.05) is 12.3 Å². The summed E-state index contributed by atoms with van der Waals surface area (Å²) in [5, 5.41) is 0. The Balaban J connectivity index is 2.74. The van der Waals surface area contributed by atoms with Gasteiger partial charge in [-0.15, -0.1) is 0 Å². The summed E-state index contributed by atoms with van der Waals surface area (Å²) < 4.78 is 37.0. The topological polar surface area (TPSA) is 3.24 Å². The smallest absolute Gasteiger partial charge is 0.351 e. The van der Waals surface area contributed by atoms with Crippen LogP contribution in [0.2, 0.25) is 0 Å². The van der Waals surface area contributed by atoms with Gasteiger partial charge in [0.25, 0.3) is 0 Å². The lowest BCUT2D eigenvalue weighted by molar-refractivity contribution is -0.137. The average Bonchev–Trinajstić information content (AvgIpc) is 2.28. The molecule has 1 rings (SSSR count). The van der Waals surface area contributed by atoms with E-state index in [2.05, 4.69) is 6.92 Å². The van der Waals surface area contributed by atoms with Gasteiger partial charge in [-0.05, 0) is 43.3 Å². The predicted octanol–water partition coefficient (Wildman–Crippen LogP) is 4.27. The van der Waals surface area contributed by atoms with E-state index in [-0.39, 0.29) is 0 Å². The Bertz CT molecular complexity index is 365. The minimum atomic E-state index is -4.28. The highest BCUT2D eigenvalue weighted by molar-refractivity contribution is 5.49. The van der Waals surface area contributed by atoms with Crippen LogP contribution in [0.4, 0.5) is 18.9 Å². The Labute approximate surface area is 99.6 Å². The number of rotatable bonds is 4. The van der Waals surface area contributed by atoms with Crippen LogP contribution in [0.5, 0.6) is 0 Å². The van der Waals surface area contributed by atoms with Crippen molar-refractivity contribution < 1.29 is 13.2 Å². The Morgan fingerprint density at radius 2 is 1.82 bits per heavy atom. The van der Waals surface area contributed by atoms with Crippen LogP contribution in [-0.2, 0) is 6.18 Å². The van der Waals surface area contributed by atoms with Crippen LogP contribution in [0, 0.1) is 6.92 Å². The quantitative estimate of drug-likeness (QED) is 0.762. The van der Waals surface area contributed by atoms with Crippen molar-refractivity contribution in [3.63, 3.8) is 0 Å². The van der Waals surface area contributed by atoms with Crippen LogP contribution in [0.3, 0.4) is 0 Å². The number of benzene rings is 1. The van der Waals surface area contributed by atoms with E-state index in [1.165, 1.54) is 12.1 Å². The second-order valence-electron chi connectivity index (χ2n) is 3.68. The predicted molar refractivity (Wildman–Crippen MR) is 63.6 cm³/mol. The molecular weight excluding hydrogens is 227 g/mol. The zero-order valence-corrected chi connectivity index (χ0v) is 9.67. The lowest BCUT2D eigenvalue weighted by atomic mass is 10.2. The fourth-order valence-electron chi connectivity index (χ4n) is 1.32. The second kappa shape index (κ2) is 5.75. The summed E-state index contributed by atoms with van der Waals surface area (Å²) >= 11 is 0. The minimum Gasteiger partial charge on any atom is -0.351 e. The molecule has 1 radical (unpaired) electrons. The van der Waals surface area contributed by atoms with Crippen LogP contribution >= 0.6 is 0 Å². The van der Waals surface area contributed by atoms with Gasteiger partial charge in [0.1, 0.15) is 0 Å². The van der Waals surface area contributed by atoms with Gasteiger partial charge in [0.05, 0.1) is 5.56 Å². The maximum absolute atomic E-state index is 12.3. The number of alkyl halides is 3. The Morgan fingerprint density at radius 1 is 1.24 bits per heavy atom. The number of anilines is 1. The van der Waals surface area contributed by atoms with Crippen molar-refractivity contribution in [3.8, 4) is 0 Å². The van der Waals surface area contributed by atoms with E-state index in [9.17, 15) is 13.2 Å². The van der Waals surface area contributed by atoms with E-state index >= 15 is 0 Å². The molecule has 1 aromatic carbocycles. The molecule has 4 heteroatoms. The summed E-state index contributed by atoms with van der Waals surface area (Å²) in [7, 11) is 1.79. The number of allylic oxidation sites excluding steroid dienone is 1. The molecule has 0 saturated carbocycles. The second-order valence-corrected chi connectivity index (χ2v) is 3.68. The summed E-state index contributed by atoms with van der Waals surface area (Å²) in [5.74, 6) is 0. The lowest BCUT2D eigenvalue weighted by Crippen LogP contribution is -2.09. The Hall–Kier alpha value is -1.45. The van der Waals surface area contributed by atoms with Gasteiger partial charge in [0.15, 0.2) is 0 Å². The molecule has 0 bridgehead atoms. The number of hydrogen-bond acceptors (Lipinski definition) is 1. The molecule has 0 aliphatic heterocycles. The van der Waals surface area contributed by atoms with Crippen molar-refractivity contribution in [2.24, 2.45) is 0 Å². The largest absolute Gasteiger partial charge is 0.416 e. The Morgan fingerprint density at radius 3 is 2.29 bits per heavy atom. The van der Waals surface area contributed by atoms with Gasteiger partial charge < -0.3 is 4.90 Å². The van der Waals surface area contributed by atoms with Crippen molar-refractivity contribution >= 4 is 5.69 Å². The van der Waals surface area contributed by atoms with Gasteiger partial charge in [0.2, 0.25) is 0 Å². The van der Waals surface area contributed by atoms with E-state index in [4.69, 9.17) is 0 Å². The molecule has 0 heterocycles. The highest BCUT2D eigenvalue weighted by atomic mass is 19.4. The molecule has 0 atom stereocenters. The first-order valence-electron chi connectivity index (χ1n) is 5.31. The van der Waals surface area contributed by atoms with Gasteiger partial charge in [-0.2, -0.15) is 13.2 Å². The summed E-state index contributed by atoms with van der Waals surface area (Å²) in [4.78, 5) is 1.77. The summed E-state index contributed by atoms with van der Waals surface area (Å²) in [6.07, 6.45) is 1.14. The number of nitrogens with zero attached hydrogens (tertiary/aromatic N) is 1. The molecule has 0 spiro atoms. The first kappa shape index (κ1) is 13.6. The first-order chi connectivity index (χ1) is 7.95. The average molecular weight is 242 g/mol. The van der Waals surface area contributed by atoms with Crippen molar-refractivity contribution in [1.82, 2.24) is 0 Å². The van der Waals surface area contributed by atoms with Gasteiger partial charge in [-0.1, -0.05) is 13.0 Å². The summed E-state index contributed by atoms with van der Waals surface area (Å²) in [5.41, 5.74) is 0.0923. The maximum Gasteiger partial charge on any atom is 0.416 e. The standard InChI is InChI=1S/C13H15F3N/c1-3-4-5-10-17(2)12-8-6-11(7-9-12)13(14,15)16/h5-10H,1,3-4H2,2H3. The van der Waals surface area contributed by atoms with Crippen LogP contribution in [0.15, 0.2) is 36.5 Å². The molecule has 0 aliphatic carbocycles. The molecule has 0 aromatic heterocycles. The maximum atomic E-state index is 12.3. The molecule has 1 aromatic rings. The number of hydrogen-bond donors (Lipinski definition) is 0. The van der Waals surface area contributed by atoms with Crippen LogP contribution in [0.25, 0.3) is 0 Å². The zero-order valence-electron chi connectivity index (χ0n) is 9.67. The molecule has 1 nitrogen and oxygen atoms in total. The molecule has 17 heavy (non-hydrogen) atoms. The van der Waals surface area contributed by atoms with Crippen LogP contribution < -0.4 is 4.90 Å². The van der Waals surface area contributed by atoms with Gasteiger partial charge in [-0.3, -0.25) is 0 Å². The molecule has 0 fully saturated rings. The normalized spacial score (nSPS) is 12.1. The lowest BCUT2D eigenvalue weighted by Gasteiger charge is -2.15. The van der Waals surface area contributed by atoms with Crippen molar-refractivity contribution in [1.29, 1.82) is 0 Å². The highest BCUT2D eigenvalue weighted by Gasteiger charge is 2.29. The monoisotopic (exact) mass is 242 g/mol. The van der Waals surface area contributed by atoms with E-state index < -0.39 is 11.7 Å². The van der Waals surface area contributed by atoms with Gasteiger partial charge in [-0.25, -0.2) is 0 Å².